The van der Waals surface area contributed by atoms with Crippen molar-refractivity contribution in [3.8, 4) is 51.8 Å². The van der Waals surface area contributed by atoms with E-state index in [1.807, 2.05) is 47.0 Å². The van der Waals surface area contributed by atoms with Gasteiger partial charge in [-0.2, -0.15) is 15.8 Å². The van der Waals surface area contributed by atoms with Crippen LogP contribution in [0.2, 0.25) is 0 Å². The molecule has 0 amide bonds. The van der Waals surface area contributed by atoms with Crippen LogP contribution in [-0.2, 0) is 0 Å². The molecule has 0 aliphatic rings. The lowest BCUT2D eigenvalue weighted by molar-refractivity contribution is 1.17. The number of rotatable bonds is 4. The number of aromatic nitrogens is 2. The van der Waals surface area contributed by atoms with E-state index in [1.54, 1.807) is 12.1 Å². The third-order valence-electron chi connectivity index (χ3n) is 9.62. The summed E-state index contributed by atoms with van der Waals surface area (Å²) in [5.74, 6) is 0. The Bertz CT molecular complexity index is 2920. The zero-order chi connectivity index (χ0) is 33.8. The van der Waals surface area contributed by atoms with Crippen LogP contribution in [0.4, 0.5) is 0 Å². The van der Waals surface area contributed by atoms with Gasteiger partial charge in [0.05, 0.1) is 62.3 Å². The summed E-state index contributed by atoms with van der Waals surface area (Å²) in [5.41, 5.74) is 11.5. The number of fused-ring (bicyclic) bond motifs is 6. The van der Waals surface area contributed by atoms with Crippen molar-refractivity contribution in [2.45, 2.75) is 0 Å². The number of para-hydroxylation sites is 3. The Morgan fingerprint density at radius 1 is 0.360 bits per heavy atom. The topological polar surface area (TPSA) is 81.2 Å². The molecule has 0 fully saturated rings. The molecule has 0 aliphatic carbocycles. The van der Waals surface area contributed by atoms with Crippen LogP contribution >= 0.6 is 0 Å². The Kier molecular flexibility index (Phi) is 6.56. The average Bonchev–Trinajstić information content (AvgIpc) is 3.69. The molecular formula is C45H25N5. The van der Waals surface area contributed by atoms with Crippen molar-refractivity contribution in [1.82, 2.24) is 9.13 Å². The first-order valence-electron chi connectivity index (χ1n) is 16.3. The highest BCUT2D eigenvalue weighted by Crippen LogP contribution is 2.39. The van der Waals surface area contributed by atoms with Crippen molar-refractivity contribution < 1.29 is 0 Å². The first kappa shape index (κ1) is 28.8. The molecular weight excluding hydrogens is 611 g/mol. The highest BCUT2D eigenvalue weighted by Gasteiger charge is 2.18. The average molecular weight is 636 g/mol. The molecule has 230 valence electrons. The van der Waals surface area contributed by atoms with Crippen LogP contribution in [0.15, 0.2) is 152 Å². The van der Waals surface area contributed by atoms with Crippen LogP contribution in [0, 0.1) is 34.0 Å². The SMILES string of the molecule is N#Cc1ccc2c(c1)c1ccc(C#N)cc1n2-c1cc(-c2cccc(-c3ccccc3-n3c4ccccc4c4ccccc43)c2)ccc1C#N. The first-order valence-corrected chi connectivity index (χ1v) is 16.3. The number of nitriles is 3. The monoisotopic (exact) mass is 635 g/mol. The second-order valence-electron chi connectivity index (χ2n) is 12.3. The number of hydrogen-bond donors (Lipinski definition) is 0. The zero-order valence-electron chi connectivity index (χ0n) is 26.7. The summed E-state index contributed by atoms with van der Waals surface area (Å²) < 4.78 is 4.39. The third-order valence-corrected chi connectivity index (χ3v) is 9.62. The van der Waals surface area contributed by atoms with E-state index >= 15 is 0 Å². The lowest BCUT2D eigenvalue weighted by Gasteiger charge is -2.15. The van der Waals surface area contributed by atoms with E-state index < -0.39 is 0 Å². The standard InChI is InChI=1S/C45H25N5/c46-26-29-17-21-43-39(22-29)38-20-16-30(27-47)23-45(38)50(43)44-25-32(18-19-34(44)28-48)31-8-7-9-33(24-31)35-10-1-4-13-40(35)49-41-14-5-2-11-36(41)37-12-3-6-15-42(37)49/h1-25H. The van der Waals surface area contributed by atoms with Gasteiger partial charge in [-0.25, -0.2) is 0 Å². The van der Waals surface area contributed by atoms with Gasteiger partial charge in [-0.3, -0.25) is 0 Å². The van der Waals surface area contributed by atoms with Gasteiger partial charge in [0.1, 0.15) is 6.07 Å². The summed E-state index contributed by atoms with van der Waals surface area (Å²) in [6, 6.07) is 58.0. The minimum Gasteiger partial charge on any atom is -0.309 e. The highest BCUT2D eigenvalue weighted by atomic mass is 15.0. The van der Waals surface area contributed by atoms with Crippen molar-refractivity contribution in [2.75, 3.05) is 0 Å². The molecule has 0 saturated heterocycles. The summed E-state index contributed by atoms with van der Waals surface area (Å²) in [6.07, 6.45) is 0. The Hall–Kier alpha value is -7.39. The molecule has 2 heterocycles. The third kappa shape index (κ3) is 4.38. The van der Waals surface area contributed by atoms with Crippen molar-refractivity contribution in [3.63, 3.8) is 0 Å². The van der Waals surface area contributed by atoms with E-state index in [0.717, 1.165) is 60.8 Å². The number of benzene rings is 7. The van der Waals surface area contributed by atoms with E-state index in [0.29, 0.717) is 22.4 Å². The molecule has 9 aromatic rings. The fourth-order valence-electron chi connectivity index (χ4n) is 7.37. The fourth-order valence-corrected chi connectivity index (χ4v) is 7.37. The van der Waals surface area contributed by atoms with E-state index in [9.17, 15) is 15.8 Å². The Labute approximate surface area is 287 Å². The quantitative estimate of drug-likeness (QED) is 0.193. The number of hydrogen-bond acceptors (Lipinski definition) is 3. The summed E-state index contributed by atoms with van der Waals surface area (Å²) >= 11 is 0. The summed E-state index contributed by atoms with van der Waals surface area (Å²) in [4.78, 5) is 0. The summed E-state index contributed by atoms with van der Waals surface area (Å²) in [7, 11) is 0. The zero-order valence-corrected chi connectivity index (χ0v) is 26.7. The molecule has 0 saturated carbocycles. The lowest BCUT2D eigenvalue weighted by Crippen LogP contribution is -1.99. The van der Waals surface area contributed by atoms with E-state index in [-0.39, 0.29) is 0 Å². The molecule has 9 rings (SSSR count). The first-order chi connectivity index (χ1) is 24.7. The van der Waals surface area contributed by atoms with Gasteiger partial charge >= 0.3 is 0 Å². The van der Waals surface area contributed by atoms with Gasteiger partial charge in [-0.15, -0.1) is 0 Å². The van der Waals surface area contributed by atoms with Gasteiger partial charge < -0.3 is 9.13 Å². The van der Waals surface area contributed by atoms with Gasteiger partial charge in [0.25, 0.3) is 0 Å². The van der Waals surface area contributed by atoms with Crippen LogP contribution in [0.1, 0.15) is 16.7 Å². The molecule has 5 heteroatoms. The molecule has 7 aromatic carbocycles. The van der Waals surface area contributed by atoms with Crippen molar-refractivity contribution in [3.05, 3.63) is 168 Å². The molecule has 0 atom stereocenters. The molecule has 0 unspecified atom stereocenters. The smallest absolute Gasteiger partial charge is 0.101 e. The van der Waals surface area contributed by atoms with Crippen molar-refractivity contribution in [2.24, 2.45) is 0 Å². The van der Waals surface area contributed by atoms with Crippen molar-refractivity contribution in [1.29, 1.82) is 15.8 Å². The molecule has 5 nitrogen and oxygen atoms in total. The predicted molar refractivity (Wildman–Crippen MR) is 200 cm³/mol. The molecule has 0 spiro atoms. The minimum absolute atomic E-state index is 0.507. The van der Waals surface area contributed by atoms with E-state index in [2.05, 4.69) is 120 Å². The van der Waals surface area contributed by atoms with Crippen LogP contribution < -0.4 is 0 Å². The lowest BCUT2D eigenvalue weighted by atomic mass is 9.96. The van der Waals surface area contributed by atoms with Gasteiger partial charge in [0.2, 0.25) is 0 Å². The van der Waals surface area contributed by atoms with Crippen LogP contribution in [0.3, 0.4) is 0 Å². The molecule has 0 N–H and O–H groups in total. The maximum atomic E-state index is 10.3. The second-order valence-corrected chi connectivity index (χ2v) is 12.3. The van der Waals surface area contributed by atoms with E-state index in [1.165, 1.54) is 10.8 Å². The molecule has 0 bridgehead atoms. The molecule has 50 heavy (non-hydrogen) atoms. The summed E-state index contributed by atoms with van der Waals surface area (Å²) in [5, 5.41) is 33.9. The molecule has 2 aromatic heterocycles. The van der Waals surface area contributed by atoms with Crippen LogP contribution in [0.5, 0.6) is 0 Å². The van der Waals surface area contributed by atoms with Crippen LogP contribution in [-0.4, -0.2) is 9.13 Å². The summed E-state index contributed by atoms with van der Waals surface area (Å²) in [6.45, 7) is 0. The second kappa shape index (κ2) is 11.4. The Morgan fingerprint density at radius 3 is 1.72 bits per heavy atom. The van der Waals surface area contributed by atoms with Gasteiger partial charge in [-0.05, 0) is 83.4 Å². The largest absolute Gasteiger partial charge is 0.309 e. The maximum Gasteiger partial charge on any atom is 0.101 e. The molecule has 0 aliphatic heterocycles. The van der Waals surface area contributed by atoms with Gasteiger partial charge in [-0.1, -0.05) is 84.9 Å². The highest BCUT2D eigenvalue weighted by molar-refractivity contribution is 6.11. The normalized spacial score (nSPS) is 11.1. The van der Waals surface area contributed by atoms with Crippen LogP contribution in [0.25, 0.3) is 77.2 Å². The number of nitrogens with zero attached hydrogens (tertiary/aromatic N) is 5. The minimum atomic E-state index is 0.507. The van der Waals surface area contributed by atoms with Crippen molar-refractivity contribution >= 4 is 43.6 Å². The fraction of sp³-hybridized carbons (Fsp3) is 0. The predicted octanol–water partition coefficient (Wildman–Crippen LogP) is 10.8. The Morgan fingerprint density at radius 2 is 0.960 bits per heavy atom. The molecule has 0 radical (unpaired) electrons. The Balaban J connectivity index is 1.23. The van der Waals surface area contributed by atoms with E-state index in [4.69, 9.17) is 0 Å². The van der Waals surface area contributed by atoms with Gasteiger partial charge in [0.15, 0.2) is 0 Å². The maximum absolute atomic E-state index is 10.3. The van der Waals surface area contributed by atoms with Gasteiger partial charge in [0, 0.05) is 27.1 Å².